The van der Waals surface area contributed by atoms with Gasteiger partial charge in [0.15, 0.2) is 0 Å². The van der Waals surface area contributed by atoms with Crippen LogP contribution in [-0.2, 0) is 11.2 Å². The van der Waals surface area contributed by atoms with Crippen molar-refractivity contribution in [2.45, 2.75) is 63.5 Å². The topological polar surface area (TPSA) is 77.8 Å². The van der Waals surface area contributed by atoms with Crippen LogP contribution in [0.4, 0.5) is 8.78 Å². The molecule has 1 aliphatic rings. The normalized spacial score (nSPS) is 19.0. The van der Waals surface area contributed by atoms with Crippen LogP contribution < -0.4 is 0 Å². The third-order valence-electron chi connectivity index (χ3n) is 4.90. The van der Waals surface area contributed by atoms with E-state index in [9.17, 15) is 23.5 Å². The Labute approximate surface area is 175 Å². The van der Waals surface area contributed by atoms with Crippen LogP contribution in [0.25, 0.3) is 0 Å². The Hall–Kier alpha value is -2.72. The number of alkyl halides is 2. The number of hydrogen-bond acceptors (Lipinski definition) is 3. The van der Waals surface area contributed by atoms with Gasteiger partial charge in [-0.05, 0) is 37.0 Å². The second kappa shape index (κ2) is 10.9. The molecule has 1 aromatic rings. The molecule has 0 bridgehead atoms. The summed E-state index contributed by atoms with van der Waals surface area (Å²) in [6.07, 6.45) is 4.51. The maximum Gasteiger partial charge on any atom is 0.335 e. The Bertz CT molecular complexity index is 824. The van der Waals surface area contributed by atoms with Gasteiger partial charge in [0.2, 0.25) is 0 Å². The number of nitrogens with zero attached hydrogens (tertiary/aromatic N) is 1. The molecule has 1 unspecified atom stereocenters. The standard InChI is InChI=1S/C23H27F2NO4/c1-2-3-4-5-6-7-20(27)13-12-19-16-23(24,25)22(30)26(19)15-14-17-8-10-18(11-9-17)21(28)29/h8-13,19-20,27H,2-3,6-7,14-16H2,1H3,(H,28,29)/b13-12+/t19?,20-/m0/s1. The van der Waals surface area contributed by atoms with Crippen molar-refractivity contribution in [3.05, 3.63) is 47.5 Å². The summed E-state index contributed by atoms with van der Waals surface area (Å²) < 4.78 is 28.0. The number of carbonyl (C=O) groups excluding carboxylic acids is 1. The number of carboxylic acid groups (broad SMARTS) is 1. The molecule has 0 saturated carbocycles. The second-order valence-electron chi connectivity index (χ2n) is 7.32. The first kappa shape index (κ1) is 23.6. The highest BCUT2D eigenvalue weighted by Gasteiger charge is 2.52. The fourth-order valence-electron chi connectivity index (χ4n) is 3.20. The van der Waals surface area contributed by atoms with Crippen molar-refractivity contribution in [2.24, 2.45) is 0 Å². The number of amides is 1. The van der Waals surface area contributed by atoms with Crippen LogP contribution in [0.5, 0.6) is 0 Å². The SMILES string of the molecule is CCCC#CCC[C@H](O)/C=C/C1CC(F)(F)C(=O)N1CCc1ccc(C(=O)O)cc1. The van der Waals surface area contributed by atoms with Crippen LogP contribution in [0.15, 0.2) is 36.4 Å². The summed E-state index contributed by atoms with van der Waals surface area (Å²) in [4.78, 5) is 24.1. The Balaban J connectivity index is 1.97. The van der Waals surface area contributed by atoms with Crippen LogP contribution in [0.1, 0.15) is 54.9 Å². The van der Waals surface area contributed by atoms with Crippen molar-refractivity contribution in [3.8, 4) is 11.8 Å². The first-order chi connectivity index (χ1) is 14.2. The Morgan fingerprint density at radius 1 is 1.30 bits per heavy atom. The van der Waals surface area contributed by atoms with E-state index in [0.717, 1.165) is 23.3 Å². The van der Waals surface area contributed by atoms with Gasteiger partial charge in [-0.15, -0.1) is 11.8 Å². The molecule has 2 atom stereocenters. The zero-order valence-electron chi connectivity index (χ0n) is 17.0. The van der Waals surface area contributed by atoms with E-state index in [1.165, 1.54) is 24.3 Å². The average molecular weight is 419 g/mol. The number of aliphatic hydroxyl groups excluding tert-OH is 1. The molecule has 162 valence electrons. The number of aromatic carboxylic acids is 1. The van der Waals surface area contributed by atoms with Crippen molar-refractivity contribution in [2.75, 3.05) is 6.54 Å². The molecule has 1 amide bonds. The third-order valence-corrected chi connectivity index (χ3v) is 4.90. The lowest BCUT2D eigenvalue weighted by Gasteiger charge is -2.22. The zero-order valence-corrected chi connectivity index (χ0v) is 17.0. The Morgan fingerprint density at radius 2 is 1.97 bits per heavy atom. The van der Waals surface area contributed by atoms with Gasteiger partial charge in [0.05, 0.1) is 17.7 Å². The smallest absolute Gasteiger partial charge is 0.335 e. The third kappa shape index (κ3) is 6.67. The highest BCUT2D eigenvalue weighted by Crippen LogP contribution is 2.34. The van der Waals surface area contributed by atoms with Gasteiger partial charge in [0.25, 0.3) is 5.91 Å². The monoisotopic (exact) mass is 419 g/mol. The van der Waals surface area contributed by atoms with Crippen molar-refractivity contribution in [3.63, 3.8) is 0 Å². The quantitative estimate of drug-likeness (QED) is 0.473. The summed E-state index contributed by atoms with van der Waals surface area (Å²) in [5.74, 6) is 0.242. The van der Waals surface area contributed by atoms with E-state index in [-0.39, 0.29) is 12.1 Å². The number of likely N-dealkylation sites (tertiary alicyclic amines) is 1. The lowest BCUT2D eigenvalue weighted by atomic mass is 10.1. The van der Waals surface area contributed by atoms with E-state index < -0.39 is 36.4 Å². The zero-order chi connectivity index (χ0) is 22.1. The van der Waals surface area contributed by atoms with E-state index in [2.05, 4.69) is 11.8 Å². The molecule has 7 heteroatoms. The predicted molar refractivity (Wildman–Crippen MR) is 109 cm³/mol. The van der Waals surface area contributed by atoms with E-state index in [1.807, 2.05) is 6.92 Å². The molecule has 1 aromatic carbocycles. The van der Waals surface area contributed by atoms with Crippen LogP contribution >= 0.6 is 0 Å². The second-order valence-corrected chi connectivity index (χ2v) is 7.32. The van der Waals surface area contributed by atoms with Crippen molar-refractivity contribution in [1.29, 1.82) is 0 Å². The first-order valence-corrected chi connectivity index (χ1v) is 10.1. The summed E-state index contributed by atoms with van der Waals surface area (Å²) >= 11 is 0. The number of rotatable bonds is 9. The van der Waals surface area contributed by atoms with Gasteiger partial charge in [-0.2, -0.15) is 8.78 Å². The number of aliphatic hydroxyl groups is 1. The molecule has 30 heavy (non-hydrogen) atoms. The fourth-order valence-corrected chi connectivity index (χ4v) is 3.20. The molecular formula is C23H27F2NO4. The van der Waals surface area contributed by atoms with E-state index in [1.54, 1.807) is 12.1 Å². The molecule has 1 saturated heterocycles. The number of unbranched alkanes of at least 4 members (excludes halogenated alkanes) is 1. The average Bonchev–Trinajstić information content (AvgIpc) is 2.93. The Kier molecular flexibility index (Phi) is 8.55. The molecule has 2 N–H and O–H groups in total. The molecule has 0 spiro atoms. The number of carboxylic acids is 1. The minimum absolute atomic E-state index is 0.0778. The van der Waals surface area contributed by atoms with Gasteiger partial charge in [-0.3, -0.25) is 4.79 Å². The molecule has 0 radical (unpaired) electrons. The van der Waals surface area contributed by atoms with Crippen molar-refractivity contribution >= 4 is 11.9 Å². The summed E-state index contributed by atoms with van der Waals surface area (Å²) in [5, 5.41) is 19.0. The minimum atomic E-state index is -3.43. The Morgan fingerprint density at radius 3 is 2.60 bits per heavy atom. The summed E-state index contributed by atoms with van der Waals surface area (Å²) in [7, 11) is 0. The maximum absolute atomic E-state index is 14.0. The largest absolute Gasteiger partial charge is 0.478 e. The molecular weight excluding hydrogens is 392 g/mol. The van der Waals surface area contributed by atoms with Gasteiger partial charge in [0.1, 0.15) is 0 Å². The number of halogens is 2. The van der Waals surface area contributed by atoms with Crippen LogP contribution in [0.2, 0.25) is 0 Å². The van der Waals surface area contributed by atoms with Gasteiger partial charge in [0, 0.05) is 25.8 Å². The van der Waals surface area contributed by atoms with Gasteiger partial charge in [-0.1, -0.05) is 31.2 Å². The molecule has 1 fully saturated rings. The number of benzene rings is 1. The molecule has 2 rings (SSSR count). The molecule has 1 aliphatic heterocycles. The summed E-state index contributed by atoms with van der Waals surface area (Å²) in [6.45, 7) is 2.11. The predicted octanol–water partition coefficient (Wildman–Crippen LogP) is 3.66. The highest BCUT2D eigenvalue weighted by atomic mass is 19.3. The van der Waals surface area contributed by atoms with E-state index >= 15 is 0 Å². The number of hydrogen-bond donors (Lipinski definition) is 2. The molecule has 0 aliphatic carbocycles. The fraction of sp³-hybridized carbons (Fsp3) is 0.478. The summed E-state index contributed by atoms with van der Waals surface area (Å²) in [5.41, 5.74) is 0.883. The van der Waals surface area contributed by atoms with Crippen molar-refractivity contribution in [1.82, 2.24) is 4.90 Å². The molecule has 0 aromatic heterocycles. The first-order valence-electron chi connectivity index (χ1n) is 10.1. The van der Waals surface area contributed by atoms with Gasteiger partial charge < -0.3 is 15.1 Å². The van der Waals surface area contributed by atoms with Crippen LogP contribution in [-0.4, -0.2) is 51.6 Å². The maximum atomic E-state index is 14.0. The minimum Gasteiger partial charge on any atom is -0.478 e. The van der Waals surface area contributed by atoms with Gasteiger partial charge in [-0.25, -0.2) is 4.79 Å². The molecule has 1 heterocycles. The van der Waals surface area contributed by atoms with Crippen LogP contribution in [0.3, 0.4) is 0 Å². The van der Waals surface area contributed by atoms with Crippen molar-refractivity contribution < 1.29 is 28.6 Å². The lowest BCUT2D eigenvalue weighted by molar-refractivity contribution is -0.148. The summed E-state index contributed by atoms with van der Waals surface area (Å²) in [6, 6.07) is 5.29. The van der Waals surface area contributed by atoms with Crippen LogP contribution in [0, 0.1) is 11.8 Å². The highest BCUT2D eigenvalue weighted by molar-refractivity contribution is 5.87. The van der Waals surface area contributed by atoms with E-state index in [4.69, 9.17) is 5.11 Å². The van der Waals surface area contributed by atoms with E-state index in [0.29, 0.717) is 19.3 Å². The number of carbonyl (C=O) groups is 2. The van der Waals surface area contributed by atoms with Gasteiger partial charge >= 0.3 is 11.9 Å². The molecule has 5 nitrogen and oxygen atoms in total. The lowest BCUT2D eigenvalue weighted by Crippen LogP contribution is -2.37.